The van der Waals surface area contributed by atoms with Gasteiger partial charge in [-0.1, -0.05) is 0 Å². The molecule has 0 saturated heterocycles. The molecule has 0 radical (unpaired) electrons. The average Bonchev–Trinajstić information content (AvgIpc) is 2.43. The van der Waals surface area contributed by atoms with Crippen molar-refractivity contribution in [2.45, 2.75) is 26.8 Å². The van der Waals surface area contributed by atoms with Crippen molar-refractivity contribution in [3.8, 4) is 0 Å². The van der Waals surface area contributed by atoms with E-state index >= 15 is 0 Å². The summed E-state index contributed by atoms with van der Waals surface area (Å²) in [5, 5.41) is 8.65. The van der Waals surface area contributed by atoms with Crippen molar-refractivity contribution in [3.63, 3.8) is 0 Å². The van der Waals surface area contributed by atoms with Crippen molar-refractivity contribution in [2.24, 2.45) is 0 Å². The van der Waals surface area contributed by atoms with Crippen LogP contribution in [0.25, 0.3) is 0 Å². The van der Waals surface area contributed by atoms with Crippen LogP contribution in [0.5, 0.6) is 0 Å². The Morgan fingerprint density at radius 2 is 2.31 bits per heavy atom. The summed E-state index contributed by atoms with van der Waals surface area (Å²) in [4.78, 5) is 11.1. The van der Waals surface area contributed by atoms with Gasteiger partial charge in [0.15, 0.2) is 5.78 Å². The number of hydrogen-bond acceptors (Lipinski definition) is 2. The van der Waals surface area contributed by atoms with Gasteiger partial charge < -0.3 is 9.67 Å². The minimum absolute atomic E-state index is 0.0975. The molecule has 0 amide bonds. The molecular weight excluding hydrogens is 166 g/mol. The van der Waals surface area contributed by atoms with Crippen LogP contribution < -0.4 is 0 Å². The lowest BCUT2D eigenvalue weighted by atomic mass is 10.2. The molecule has 0 bridgehead atoms. The SMILES string of the molecule is CC(=O)c1ccn(CCCO)c1C. The molecule has 1 rings (SSSR count). The first-order valence-electron chi connectivity index (χ1n) is 4.44. The summed E-state index contributed by atoms with van der Waals surface area (Å²) in [5.41, 5.74) is 1.76. The molecule has 0 unspecified atom stereocenters. The molecule has 3 nitrogen and oxygen atoms in total. The van der Waals surface area contributed by atoms with Crippen LogP contribution in [-0.4, -0.2) is 22.1 Å². The smallest absolute Gasteiger partial charge is 0.161 e. The maximum atomic E-state index is 11.1. The van der Waals surface area contributed by atoms with Crippen LogP contribution in [0.3, 0.4) is 0 Å². The van der Waals surface area contributed by atoms with Gasteiger partial charge in [-0.15, -0.1) is 0 Å². The van der Waals surface area contributed by atoms with Crippen molar-refractivity contribution in [1.82, 2.24) is 4.57 Å². The zero-order chi connectivity index (χ0) is 9.84. The van der Waals surface area contributed by atoms with Gasteiger partial charge in [0, 0.05) is 30.6 Å². The second kappa shape index (κ2) is 4.23. The molecule has 3 heteroatoms. The highest BCUT2D eigenvalue weighted by Crippen LogP contribution is 2.10. The van der Waals surface area contributed by atoms with Gasteiger partial charge in [0.05, 0.1) is 0 Å². The number of aromatic nitrogens is 1. The fraction of sp³-hybridized carbons (Fsp3) is 0.500. The molecular formula is C10H15NO2. The van der Waals surface area contributed by atoms with Gasteiger partial charge in [0.1, 0.15) is 0 Å². The van der Waals surface area contributed by atoms with Gasteiger partial charge >= 0.3 is 0 Å². The van der Waals surface area contributed by atoms with Crippen molar-refractivity contribution >= 4 is 5.78 Å². The van der Waals surface area contributed by atoms with Crippen LogP contribution in [0.2, 0.25) is 0 Å². The molecule has 72 valence electrons. The van der Waals surface area contributed by atoms with Crippen LogP contribution in [0.15, 0.2) is 12.3 Å². The summed E-state index contributed by atoms with van der Waals surface area (Å²) >= 11 is 0. The topological polar surface area (TPSA) is 42.2 Å². The Balaban J connectivity index is 2.80. The molecule has 0 aromatic carbocycles. The molecule has 0 aliphatic carbocycles. The third-order valence-electron chi connectivity index (χ3n) is 2.18. The van der Waals surface area contributed by atoms with Gasteiger partial charge in [0.25, 0.3) is 0 Å². The van der Waals surface area contributed by atoms with E-state index in [0.29, 0.717) is 0 Å². The molecule has 0 fully saturated rings. The first kappa shape index (κ1) is 9.99. The van der Waals surface area contributed by atoms with Gasteiger partial charge in [-0.2, -0.15) is 0 Å². The van der Waals surface area contributed by atoms with Crippen LogP contribution in [0.4, 0.5) is 0 Å². The molecule has 1 aromatic rings. The fourth-order valence-corrected chi connectivity index (χ4v) is 1.41. The first-order chi connectivity index (χ1) is 6.16. The molecule has 1 aromatic heterocycles. The molecule has 0 aliphatic heterocycles. The number of aliphatic hydroxyl groups excluding tert-OH is 1. The van der Waals surface area contributed by atoms with Gasteiger partial charge in [0.2, 0.25) is 0 Å². The van der Waals surface area contributed by atoms with Crippen LogP contribution in [-0.2, 0) is 6.54 Å². The summed E-state index contributed by atoms with van der Waals surface area (Å²) in [6.07, 6.45) is 2.62. The minimum Gasteiger partial charge on any atom is -0.396 e. The van der Waals surface area contributed by atoms with E-state index in [1.807, 2.05) is 23.8 Å². The average molecular weight is 181 g/mol. The second-order valence-electron chi connectivity index (χ2n) is 3.14. The van der Waals surface area contributed by atoms with Crippen molar-refractivity contribution in [1.29, 1.82) is 0 Å². The normalized spacial score (nSPS) is 10.4. The molecule has 1 N–H and O–H groups in total. The minimum atomic E-state index is 0.0975. The molecule has 13 heavy (non-hydrogen) atoms. The number of ketones is 1. The lowest BCUT2D eigenvalue weighted by molar-refractivity contribution is 0.101. The number of carbonyl (C=O) groups is 1. The number of nitrogens with zero attached hydrogens (tertiary/aromatic N) is 1. The van der Waals surface area contributed by atoms with E-state index in [1.54, 1.807) is 6.92 Å². The largest absolute Gasteiger partial charge is 0.396 e. The van der Waals surface area contributed by atoms with E-state index in [-0.39, 0.29) is 12.4 Å². The maximum Gasteiger partial charge on any atom is 0.161 e. The summed E-state index contributed by atoms with van der Waals surface area (Å²) < 4.78 is 1.99. The highest BCUT2D eigenvalue weighted by Gasteiger charge is 2.07. The van der Waals surface area contributed by atoms with E-state index in [4.69, 9.17) is 5.11 Å². The Kier molecular flexibility index (Phi) is 3.25. The van der Waals surface area contributed by atoms with E-state index in [0.717, 1.165) is 24.2 Å². The number of aryl methyl sites for hydroxylation is 1. The molecule has 0 atom stereocenters. The van der Waals surface area contributed by atoms with Crippen molar-refractivity contribution in [2.75, 3.05) is 6.61 Å². The van der Waals surface area contributed by atoms with Gasteiger partial charge in [-0.05, 0) is 26.3 Å². The van der Waals surface area contributed by atoms with Crippen molar-refractivity contribution < 1.29 is 9.90 Å². The van der Waals surface area contributed by atoms with Crippen LogP contribution >= 0.6 is 0 Å². The Bertz CT molecular complexity index is 302. The molecule has 0 spiro atoms. The number of hydrogen-bond donors (Lipinski definition) is 1. The predicted molar refractivity (Wildman–Crippen MR) is 50.9 cm³/mol. The van der Waals surface area contributed by atoms with Gasteiger partial charge in [-0.3, -0.25) is 4.79 Å². The second-order valence-corrected chi connectivity index (χ2v) is 3.14. The lowest BCUT2D eigenvalue weighted by Gasteiger charge is -2.04. The van der Waals surface area contributed by atoms with E-state index in [9.17, 15) is 4.79 Å². The summed E-state index contributed by atoms with van der Waals surface area (Å²) in [6.45, 7) is 4.45. The first-order valence-corrected chi connectivity index (χ1v) is 4.44. The standard InChI is InChI=1S/C10H15NO2/c1-8-10(9(2)13)4-6-11(8)5-3-7-12/h4,6,12H,3,5,7H2,1-2H3. The Morgan fingerprint density at radius 3 is 2.77 bits per heavy atom. The highest BCUT2D eigenvalue weighted by atomic mass is 16.3. The predicted octanol–water partition coefficient (Wildman–Crippen LogP) is 1.38. The zero-order valence-electron chi connectivity index (χ0n) is 8.08. The lowest BCUT2D eigenvalue weighted by Crippen LogP contribution is -2.03. The summed E-state index contributed by atoms with van der Waals surface area (Å²) in [6, 6.07) is 1.83. The van der Waals surface area contributed by atoms with Crippen LogP contribution in [0.1, 0.15) is 29.4 Å². The quantitative estimate of drug-likeness (QED) is 0.713. The monoisotopic (exact) mass is 181 g/mol. The Labute approximate surface area is 78.0 Å². The summed E-state index contributed by atoms with van der Waals surface area (Å²) in [7, 11) is 0. The fourth-order valence-electron chi connectivity index (χ4n) is 1.41. The van der Waals surface area contributed by atoms with E-state index < -0.39 is 0 Å². The number of carbonyl (C=O) groups excluding carboxylic acids is 1. The number of rotatable bonds is 4. The van der Waals surface area contributed by atoms with Gasteiger partial charge in [-0.25, -0.2) is 0 Å². The van der Waals surface area contributed by atoms with E-state index in [2.05, 4.69) is 0 Å². The Hall–Kier alpha value is -1.09. The Morgan fingerprint density at radius 1 is 1.62 bits per heavy atom. The maximum absolute atomic E-state index is 11.1. The summed E-state index contributed by atoms with van der Waals surface area (Å²) in [5.74, 6) is 0.0975. The molecule has 1 heterocycles. The van der Waals surface area contributed by atoms with E-state index in [1.165, 1.54) is 0 Å². The number of aliphatic hydroxyl groups is 1. The third kappa shape index (κ3) is 2.18. The molecule has 0 aliphatic rings. The third-order valence-corrected chi connectivity index (χ3v) is 2.18. The number of Topliss-reactive ketones (excluding diaryl/α,β-unsaturated/α-hetero) is 1. The zero-order valence-corrected chi connectivity index (χ0v) is 8.08. The van der Waals surface area contributed by atoms with Crippen molar-refractivity contribution in [3.05, 3.63) is 23.5 Å². The molecule has 0 saturated carbocycles. The van der Waals surface area contributed by atoms with Crippen LogP contribution in [0, 0.1) is 6.92 Å². The highest BCUT2D eigenvalue weighted by molar-refractivity contribution is 5.95.